The summed E-state index contributed by atoms with van der Waals surface area (Å²) in [4.78, 5) is 3.44. The SMILES string of the molecule is [C-]#[N+]C([N+]#[C-])=C1Cc2c(F)c3c(c(F)c2=C1c1c(F)c(F)c(C)c(F)c1F)CC(=C(C#N)C#N)C=3c1c(F)c(F)c(SC(F)(F)F)c(F)c1F. The monoisotopic (exact) mass is 726 g/mol. The molecular weight excluding hydrogens is 719 g/mol. The van der Waals surface area contributed by atoms with E-state index >= 15 is 26.3 Å². The number of alkyl halides is 3. The first-order valence-electron chi connectivity index (χ1n) is 13.1. The van der Waals surface area contributed by atoms with Gasteiger partial charge in [0.15, 0.2) is 46.5 Å². The lowest BCUT2D eigenvalue weighted by molar-refractivity contribution is -0.0331. The Bertz CT molecular complexity index is 2410. The van der Waals surface area contributed by atoms with Gasteiger partial charge in [0, 0.05) is 45.5 Å². The van der Waals surface area contributed by atoms with Gasteiger partial charge in [-0.1, -0.05) is 0 Å². The third-order valence-corrected chi connectivity index (χ3v) is 8.61. The molecule has 4 nitrogen and oxygen atoms in total. The highest BCUT2D eigenvalue weighted by Crippen LogP contribution is 2.45. The predicted molar refractivity (Wildman–Crippen MR) is 146 cm³/mol. The number of nitrogens with zero attached hydrogens (tertiary/aromatic N) is 4. The lowest BCUT2D eigenvalue weighted by Crippen LogP contribution is -2.28. The van der Waals surface area contributed by atoms with Crippen molar-refractivity contribution >= 4 is 22.9 Å². The van der Waals surface area contributed by atoms with Crippen molar-refractivity contribution in [1.29, 1.82) is 10.5 Å². The van der Waals surface area contributed by atoms with Crippen molar-refractivity contribution in [3.05, 3.63) is 142 Å². The van der Waals surface area contributed by atoms with E-state index in [2.05, 4.69) is 9.69 Å². The number of rotatable bonds is 3. The van der Waals surface area contributed by atoms with E-state index < -0.39 is 165 Å². The Morgan fingerprint density at radius 1 is 0.620 bits per heavy atom. The van der Waals surface area contributed by atoms with E-state index in [1.807, 2.05) is 0 Å². The number of fused-ring (bicyclic) bond motifs is 2. The third kappa shape index (κ3) is 5.06. The zero-order valence-electron chi connectivity index (χ0n) is 24.0. The van der Waals surface area contributed by atoms with E-state index in [4.69, 9.17) is 13.1 Å². The van der Waals surface area contributed by atoms with Crippen LogP contribution in [0.15, 0.2) is 27.4 Å². The summed E-state index contributed by atoms with van der Waals surface area (Å²) in [7, 11) is 0. The van der Waals surface area contributed by atoms with Gasteiger partial charge in [-0.15, -0.1) is 0 Å². The Morgan fingerprint density at radius 3 is 1.38 bits per heavy atom. The molecule has 0 amide bonds. The fraction of sp³-hybridized carbons (Fsp3) is 0.125. The molecule has 18 heteroatoms. The lowest BCUT2D eigenvalue weighted by atomic mass is 9.94. The fourth-order valence-electron chi connectivity index (χ4n) is 5.74. The van der Waals surface area contributed by atoms with E-state index in [0.29, 0.717) is 6.92 Å². The summed E-state index contributed by atoms with van der Waals surface area (Å²) in [6.45, 7) is 15.2. The number of halogens is 13. The predicted octanol–water partition coefficient (Wildman–Crippen LogP) is 7.90. The zero-order valence-corrected chi connectivity index (χ0v) is 24.8. The summed E-state index contributed by atoms with van der Waals surface area (Å²) in [5.41, 5.74) is -18.2. The molecule has 5 rings (SSSR count). The van der Waals surface area contributed by atoms with Crippen LogP contribution < -0.4 is 10.4 Å². The summed E-state index contributed by atoms with van der Waals surface area (Å²) in [5.74, 6) is -23.5. The molecule has 0 saturated carbocycles. The molecule has 0 radical (unpaired) electrons. The van der Waals surface area contributed by atoms with Crippen LogP contribution >= 0.6 is 11.8 Å². The van der Waals surface area contributed by atoms with Crippen molar-refractivity contribution in [2.75, 3.05) is 0 Å². The maximum atomic E-state index is 16.7. The molecule has 0 bridgehead atoms. The van der Waals surface area contributed by atoms with Gasteiger partial charge in [0.05, 0.1) is 21.6 Å². The van der Waals surface area contributed by atoms with Crippen LogP contribution in [0.5, 0.6) is 0 Å². The van der Waals surface area contributed by atoms with Crippen LogP contribution in [0.1, 0.15) is 27.8 Å². The maximum absolute atomic E-state index is 16.7. The molecule has 0 heterocycles. The molecule has 2 aliphatic rings. The number of thioether (sulfide) groups is 1. The van der Waals surface area contributed by atoms with Gasteiger partial charge in [-0.05, 0) is 29.8 Å². The lowest BCUT2D eigenvalue weighted by Gasteiger charge is -2.15. The first-order chi connectivity index (χ1) is 23.4. The van der Waals surface area contributed by atoms with Crippen molar-refractivity contribution in [1.82, 2.24) is 0 Å². The Labute approximate surface area is 274 Å². The van der Waals surface area contributed by atoms with Gasteiger partial charge in [0.1, 0.15) is 42.5 Å². The van der Waals surface area contributed by atoms with Crippen LogP contribution in [0.3, 0.4) is 0 Å². The normalized spacial score (nSPS) is 13.5. The molecule has 0 fully saturated rings. The van der Waals surface area contributed by atoms with Gasteiger partial charge in [-0.2, -0.15) is 33.4 Å². The van der Waals surface area contributed by atoms with Gasteiger partial charge in [-0.3, -0.25) is 0 Å². The second kappa shape index (κ2) is 12.3. The van der Waals surface area contributed by atoms with Crippen LogP contribution in [0.2, 0.25) is 0 Å². The van der Waals surface area contributed by atoms with Crippen LogP contribution in [-0.4, -0.2) is 5.51 Å². The third-order valence-electron chi connectivity index (χ3n) is 7.81. The molecule has 0 unspecified atom stereocenters. The first kappa shape index (κ1) is 35.6. The summed E-state index contributed by atoms with van der Waals surface area (Å²) in [6, 6.07) is 2.49. The first-order valence-corrected chi connectivity index (χ1v) is 13.9. The van der Waals surface area contributed by atoms with Gasteiger partial charge >= 0.3 is 11.3 Å². The molecule has 2 aliphatic carbocycles. The molecule has 0 aliphatic heterocycles. The molecule has 50 heavy (non-hydrogen) atoms. The van der Waals surface area contributed by atoms with Crippen molar-refractivity contribution in [3.8, 4) is 12.1 Å². The average molecular weight is 726 g/mol. The second-order valence-corrected chi connectivity index (χ2v) is 11.4. The number of hydrogen-bond donors (Lipinski definition) is 0. The van der Waals surface area contributed by atoms with E-state index in [9.17, 15) is 41.3 Å². The Kier molecular flexibility index (Phi) is 8.76. The molecular formula is C32H7F13N4S. The minimum Gasteiger partial charge on any atom is -0.206 e. The average Bonchev–Trinajstić information content (AvgIpc) is 3.65. The highest BCUT2D eigenvalue weighted by atomic mass is 32.2. The molecule has 0 N–H and O–H groups in total. The van der Waals surface area contributed by atoms with E-state index in [1.165, 1.54) is 12.1 Å². The largest absolute Gasteiger partial charge is 0.523 e. The summed E-state index contributed by atoms with van der Waals surface area (Å²) >= 11 is -1.59. The van der Waals surface area contributed by atoms with Crippen molar-refractivity contribution in [2.24, 2.45) is 0 Å². The molecule has 3 aromatic rings. The highest BCUT2D eigenvalue weighted by Gasteiger charge is 2.42. The van der Waals surface area contributed by atoms with Crippen LogP contribution in [0, 0.1) is 101 Å². The number of hydrogen-bond acceptors (Lipinski definition) is 3. The van der Waals surface area contributed by atoms with Gasteiger partial charge < -0.3 is 0 Å². The smallest absolute Gasteiger partial charge is 0.206 e. The summed E-state index contributed by atoms with van der Waals surface area (Å²) in [6.07, 6.45) is -2.40. The van der Waals surface area contributed by atoms with Gasteiger partial charge in [0.2, 0.25) is 0 Å². The Hall–Kier alpha value is -5.72. The summed E-state index contributed by atoms with van der Waals surface area (Å²) in [5, 5.41) is 16.5. The molecule has 3 aromatic carbocycles. The van der Waals surface area contributed by atoms with Crippen molar-refractivity contribution < 1.29 is 57.1 Å². The standard InChI is InChI=1S/C32H7F13N4S/c1-8-20(33)24(37)19(25(38)21(8)34)15-13(31(48-2)49-3)5-12-17(15)22(35)11-4-10(9(6-46)7-47)14(16(11)23(12)36)18-26(39)28(41)30(29(42)27(18)40)50-32(43,44)45/h4-5H2,1H3. The number of nitriles is 2. The molecule has 0 spiro atoms. The second-order valence-electron chi connectivity index (χ2n) is 10.3. The van der Waals surface area contributed by atoms with E-state index in [0.717, 1.165) is 0 Å². The topological polar surface area (TPSA) is 56.3 Å². The molecule has 252 valence electrons. The molecule has 0 atom stereocenters. The van der Waals surface area contributed by atoms with Crippen LogP contribution in [0.25, 0.3) is 20.8 Å². The fourth-order valence-corrected chi connectivity index (χ4v) is 6.33. The van der Waals surface area contributed by atoms with Crippen molar-refractivity contribution in [3.63, 3.8) is 0 Å². The van der Waals surface area contributed by atoms with Crippen LogP contribution in [0.4, 0.5) is 57.1 Å². The quantitative estimate of drug-likeness (QED) is 0.0908. The van der Waals surface area contributed by atoms with E-state index in [1.54, 1.807) is 0 Å². The minimum absolute atomic E-state index is 0.632. The molecule has 0 saturated heterocycles. The Morgan fingerprint density at radius 2 is 1.00 bits per heavy atom. The van der Waals surface area contributed by atoms with E-state index in [-0.39, 0.29) is 0 Å². The minimum atomic E-state index is -5.48. The van der Waals surface area contributed by atoms with Gasteiger partial charge in [0.25, 0.3) is 0 Å². The highest BCUT2D eigenvalue weighted by molar-refractivity contribution is 8.00. The van der Waals surface area contributed by atoms with Crippen molar-refractivity contribution in [2.45, 2.75) is 30.2 Å². The number of benzene rings is 3. The Balaban J connectivity index is 2.09. The summed E-state index contributed by atoms with van der Waals surface area (Å²) < 4.78 is 193. The zero-order chi connectivity index (χ0) is 37.3. The van der Waals surface area contributed by atoms with Crippen LogP contribution in [-0.2, 0) is 12.8 Å². The molecule has 0 aromatic heterocycles. The maximum Gasteiger partial charge on any atom is 0.523 e. The van der Waals surface area contributed by atoms with Gasteiger partial charge in [-0.25, -0.2) is 43.9 Å². The number of allylic oxidation sites excluding steroid dienone is 3.